The topological polar surface area (TPSA) is 44.2 Å². The zero-order chi connectivity index (χ0) is 14.7. The molecule has 3 rings (SSSR count). The number of aromatic nitrogens is 2. The van der Waals surface area contributed by atoms with Crippen molar-refractivity contribution in [3.8, 4) is 11.5 Å². The summed E-state index contributed by atoms with van der Waals surface area (Å²) in [5, 5.41) is 8.37. The van der Waals surface area contributed by atoms with E-state index in [4.69, 9.17) is 9.47 Å². The minimum Gasteiger partial charge on any atom is -0.486 e. The van der Waals surface area contributed by atoms with Crippen LogP contribution in [0.1, 0.15) is 12.5 Å². The fourth-order valence-corrected chi connectivity index (χ4v) is 5.35. The molecule has 1 aliphatic heterocycles. The van der Waals surface area contributed by atoms with Crippen molar-refractivity contribution in [1.29, 1.82) is 0 Å². The van der Waals surface area contributed by atoms with Gasteiger partial charge in [-0.2, -0.15) is 0 Å². The Morgan fingerprint density at radius 3 is 2.52 bits per heavy atom. The molecule has 0 aliphatic carbocycles. The third-order valence-electron chi connectivity index (χ3n) is 2.72. The van der Waals surface area contributed by atoms with Gasteiger partial charge < -0.3 is 9.47 Å². The van der Waals surface area contributed by atoms with E-state index in [9.17, 15) is 0 Å². The second kappa shape index (κ2) is 7.21. The van der Waals surface area contributed by atoms with Gasteiger partial charge in [-0.05, 0) is 23.4 Å². The van der Waals surface area contributed by atoms with E-state index < -0.39 is 0 Å². The summed E-state index contributed by atoms with van der Waals surface area (Å²) in [5.41, 5.74) is 1.17. The largest absolute Gasteiger partial charge is 0.486 e. The highest BCUT2D eigenvalue weighted by molar-refractivity contribution is 9.10. The van der Waals surface area contributed by atoms with E-state index in [0.29, 0.717) is 13.2 Å². The van der Waals surface area contributed by atoms with Gasteiger partial charge in [0.2, 0.25) is 0 Å². The van der Waals surface area contributed by atoms with Crippen LogP contribution in [-0.4, -0.2) is 29.2 Å². The van der Waals surface area contributed by atoms with Crippen molar-refractivity contribution >= 4 is 50.8 Å². The SMILES string of the molecule is CCSc1nnc(SCc2cc3c(cc2Br)OCCO3)s1. The molecule has 2 heterocycles. The average Bonchev–Trinajstić information content (AvgIpc) is 2.93. The van der Waals surface area contributed by atoms with Gasteiger partial charge in [-0.1, -0.05) is 57.7 Å². The van der Waals surface area contributed by atoms with Crippen molar-refractivity contribution < 1.29 is 9.47 Å². The number of thioether (sulfide) groups is 2. The number of rotatable bonds is 5. The molecule has 0 atom stereocenters. The molecular formula is C13H13BrN2O2S3. The van der Waals surface area contributed by atoms with E-state index in [2.05, 4.69) is 33.1 Å². The second-order valence-corrected chi connectivity index (χ2v) is 8.71. The Labute approximate surface area is 144 Å². The van der Waals surface area contributed by atoms with Crippen LogP contribution in [0.5, 0.6) is 11.5 Å². The first-order valence-corrected chi connectivity index (χ1v) is 10.0. The van der Waals surface area contributed by atoms with Crippen molar-refractivity contribution in [2.45, 2.75) is 21.4 Å². The standard InChI is InChI=1S/C13H13BrN2O2S3/c1-2-19-12-15-16-13(21-12)20-7-8-5-10-11(6-9(8)14)18-4-3-17-10/h5-6H,2-4,7H2,1H3. The lowest BCUT2D eigenvalue weighted by Crippen LogP contribution is -2.15. The van der Waals surface area contributed by atoms with E-state index >= 15 is 0 Å². The number of fused-ring (bicyclic) bond motifs is 1. The maximum Gasteiger partial charge on any atom is 0.175 e. The third kappa shape index (κ3) is 3.85. The molecule has 0 radical (unpaired) electrons. The minimum atomic E-state index is 0.606. The molecule has 2 aromatic rings. The van der Waals surface area contributed by atoms with Gasteiger partial charge in [0.1, 0.15) is 13.2 Å². The lowest BCUT2D eigenvalue weighted by molar-refractivity contribution is 0.171. The van der Waals surface area contributed by atoms with E-state index in [0.717, 1.165) is 36.2 Å². The van der Waals surface area contributed by atoms with Crippen molar-refractivity contribution in [3.63, 3.8) is 0 Å². The Hall–Kier alpha value is -0.440. The van der Waals surface area contributed by atoms with E-state index in [1.807, 2.05) is 12.1 Å². The van der Waals surface area contributed by atoms with Gasteiger partial charge in [0, 0.05) is 10.2 Å². The highest BCUT2D eigenvalue weighted by Crippen LogP contribution is 2.38. The maximum atomic E-state index is 5.62. The summed E-state index contributed by atoms with van der Waals surface area (Å²) in [6.45, 7) is 3.33. The Balaban J connectivity index is 1.69. The third-order valence-corrected chi connectivity index (χ3v) is 6.58. The highest BCUT2D eigenvalue weighted by Gasteiger charge is 2.15. The molecule has 0 bridgehead atoms. The first kappa shape index (κ1) is 15.5. The normalized spacial score (nSPS) is 13.4. The predicted octanol–water partition coefficient (Wildman–Crippen LogP) is 4.48. The number of nitrogens with zero attached hydrogens (tertiary/aromatic N) is 2. The van der Waals surface area contributed by atoms with Crippen LogP contribution in [0.25, 0.3) is 0 Å². The first-order chi connectivity index (χ1) is 10.3. The van der Waals surface area contributed by atoms with Crippen LogP contribution in [-0.2, 0) is 5.75 Å². The summed E-state index contributed by atoms with van der Waals surface area (Å²) >= 11 is 8.65. The summed E-state index contributed by atoms with van der Waals surface area (Å²) < 4.78 is 14.2. The summed E-state index contributed by atoms with van der Waals surface area (Å²) in [6.07, 6.45) is 0. The van der Waals surface area contributed by atoms with Crippen molar-refractivity contribution in [1.82, 2.24) is 10.2 Å². The van der Waals surface area contributed by atoms with Crippen molar-refractivity contribution in [2.75, 3.05) is 19.0 Å². The monoisotopic (exact) mass is 404 g/mol. The van der Waals surface area contributed by atoms with Crippen LogP contribution in [0.2, 0.25) is 0 Å². The van der Waals surface area contributed by atoms with Crippen LogP contribution in [0.4, 0.5) is 0 Å². The maximum absolute atomic E-state index is 5.62. The van der Waals surface area contributed by atoms with Gasteiger partial charge in [0.15, 0.2) is 20.2 Å². The lowest BCUT2D eigenvalue weighted by Gasteiger charge is -2.19. The first-order valence-electron chi connectivity index (χ1n) is 6.43. The fourth-order valence-electron chi connectivity index (χ4n) is 1.79. The second-order valence-electron chi connectivity index (χ2n) is 4.14. The average molecular weight is 405 g/mol. The zero-order valence-electron chi connectivity index (χ0n) is 11.3. The Morgan fingerprint density at radius 2 is 1.81 bits per heavy atom. The molecule has 1 aromatic carbocycles. The molecule has 0 fully saturated rings. The van der Waals surface area contributed by atoms with Crippen molar-refractivity contribution in [3.05, 3.63) is 22.2 Å². The molecule has 0 unspecified atom stereocenters. The molecule has 112 valence electrons. The van der Waals surface area contributed by atoms with Crippen LogP contribution < -0.4 is 9.47 Å². The van der Waals surface area contributed by atoms with Crippen LogP contribution >= 0.6 is 50.8 Å². The van der Waals surface area contributed by atoms with Gasteiger partial charge in [-0.3, -0.25) is 0 Å². The summed E-state index contributed by atoms with van der Waals surface area (Å²) in [4.78, 5) is 0. The summed E-state index contributed by atoms with van der Waals surface area (Å²) in [7, 11) is 0. The lowest BCUT2D eigenvalue weighted by atomic mass is 10.2. The van der Waals surface area contributed by atoms with E-state index in [-0.39, 0.29) is 0 Å². The van der Waals surface area contributed by atoms with Gasteiger partial charge in [-0.15, -0.1) is 10.2 Å². The number of hydrogen-bond donors (Lipinski definition) is 0. The van der Waals surface area contributed by atoms with Gasteiger partial charge >= 0.3 is 0 Å². The van der Waals surface area contributed by atoms with Crippen molar-refractivity contribution in [2.24, 2.45) is 0 Å². The number of hydrogen-bond acceptors (Lipinski definition) is 7. The minimum absolute atomic E-state index is 0.606. The molecule has 0 amide bonds. The fraction of sp³-hybridized carbons (Fsp3) is 0.385. The molecule has 1 aliphatic rings. The molecule has 21 heavy (non-hydrogen) atoms. The van der Waals surface area contributed by atoms with Gasteiger partial charge in [0.25, 0.3) is 0 Å². The zero-order valence-corrected chi connectivity index (χ0v) is 15.3. The summed E-state index contributed by atoms with van der Waals surface area (Å²) in [5.74, 6) is 3.47. The predicted molar refractivity (Wildman–Crippen MR) is 91.0 cm³/mol. The van der Waals surface area contributed by atoms with Crippen LogP contribution in [0, 0.1) is 0 Å². The molecular weight excluding hydrogens is 392 g/mol. The molecule has 0 saturated carbocycles. The Morgan fingerprint density at radius 1 is 1.14 bits per heavy atom. The van der Waals surface area contributed by atoms with Gasteiger partial charge in [-0.25, -0.2) is 0 Å². The molecule has 4 nitrogen and oxygen atoms in total. The molecule has 0 N–H and O–H groups in total. The van der Waals surface area contributed by atoms with E-state index in [1.165, 1.54) is 5.56 Å². The highest BCUT2D eigenvalue weighted by atomic mass is 79.9. The smallest absolute Gasteiger partial charge is 0.175 e. The Bertz CT molecular complexity index is 636. The number of benzene rings is 1. The molecule has 1 aromatic heterocycles. The van der Waals surface area contributed by atoms with Crippen LogP contribution in [0.3, 0.4) is 0 Å². The number of ether oxygens (including phenoxy) is 2. The molecule has 8 heteroatoms. The quantitative estimate of drug-likeness (QED) is 0.684. The van der Waals surface area contributed by atoms with E-state index in [1.54, 1.807) is 34.9 Å². The van der Waals surface area contributed by atoms with Gasteiger partial charge in [0.05, 0.1) is 0 Å². The number of halogens is 1. The molecule has 0 spiro atoms. The van der Waals surface area contributed by atoms with Crippen LogP contribution in [0.15, 0.2) is 25.3 Å². The Kier molecular flexibility index (Phi) is 5.31. The summed E-state index contributed by atoms with van der Waals surface area (Å²) in [6, 6.07) is 4.01. The molecule has 0 saturated heterocycles.